The van der Waals surface area contributed by atoms with E-state index in [1.807, 2.05) is 18.2 Å². The van der Waals surface area contributed by atoms with Crippen molar-refractivity contribution in [2.24, 2.45) is 5.41 Å². The summed E-state index contributed by atoms with van der Waals surface area (Å²) >= 11 is 0. The summed E-state index contributed by atoms with van der Waals surface area (Å²) in [7, 11) is 0. The van der Waals surface area contributed by atoms with Crippen LogP contribution in [0.5, 0.6) is 0 Å². The first kappa shape index (κ1) is 17.4. The Labute approximate surface area is 137 Å². The molecule has 1 aliphatic rings. The molecule has 0 radical (unpaired) electrons. The van der Waals surface area contributed by atoms with Crippen LogP contribution >= 0.6 is 0 Å². The molecule has 0 amide bonds. The van der Waals surface area contributed by atoms with Gasteiger partial charge in [-0.05, 0) is 18.4 Å². The molecule has 0 N–H and O–H groups in total. The van der Waals surface area contributed by atoms with Gasteiger partial charge in [0.2, 0.25) is 0 Å². The molecule has 0 aromatic heterocycles. The van der Waals surface area contributed by atoms with E-state index in [1.54, 1.807) is 0 Å². The van der Waals surface area contributed by atoms with Crippen LogP contribution in [0.15, 0.2) is 30.3 Å². The molecule has 0 atom stereocenters. The number of hydrogen-bond donors (Lipinski definition) is 0. The van der Waals surface area contributed by atoms with E-state index >= 15 is 0 Å². The maximum absolute atomic E-state index is 9.38. The second-order valence-electron chi connectivity index (χ2n) is 5.61. The van der Waals surface area contributed by atoms with Gasteiger partial charge in [-0.3, -0.25) is 0 Å². The van der Waals surface area contributed by atoms with Crippen molar-refractivity contribution >= 4 is 0 Å². The first-order valence-electron chi connectivity index (χ1n) is 7.95. The van der Waals surface area contributed by atoms with Crippen molar-refractivity contribution in [1.29, 1.82) is 10.5 Å². The van der Waals surface area contributed by atoms with Gasteiger partial charge in [0.25, 0.3) is 0 Å². The molecule has 0 aliphatic carbocycles. The van der Waals surface area contributed by atoms with Gasteiger partial charge in [-0.1, -0.05) is 30.3 Å². The maximum atomic E-state index is 9.38. The fraction of sp³-hybridized carbons (Fsp3) is 0.556. The first-order valence-corrected chi connectivity index (χ1v) is 7.95. The van der Waals surface area contributed by atoms with Gasteiger partial charge in [0.1, 0.15) is 5.41 Å². The molecule has 2 rings (SSSR count). The fourth-order valence-corrected chi connectivity index (χ4v) is 2.49. The second-order valence-corrected chi connectivity index (χ2v) is 5.61. The largest absolute Gasteiger partial charge is 0.381 e. The highest BCUT2D eigenvalue weighted by molar-refractivity contribution is 5.15. The topological polar surface area (TPSA) is 75.3 Å². The monoisotopic (exact) mass is 314 g/mol. The number of nitriles is 2. The standard InChI is InChI=1S/C18H22N2O3/c19-14-18(15-20,8-6-17-22-12-13-23-17)9-11-21-10-7-16-4-2-1-3-5-16/h1-5,17H,6-13H2. The van der Waals surface area contributed by atoms with Crippen molar-refractivity contribution in [3.8, 4) is 12.1 Å². The van der Waals surface area contributed by atoms with Crippen LogP contribution in [-0.2, 0) is 20.6 Å². The third-order valence-electron chi connectivity index (χ3n) is 3.98. The van der Waals surface area contributed by atoms with Crippen molar-refractivity contribution in [1.82, 2.24) is 0 Å². The number of rotatable bonds is 9. The molecule has 0 spiro atoms. The highest BCUT2D eigenvalue weighted by Gasteiger charge is 2.31. The van der Waals surface area contributed by atoms with Gasteiger partial charge in [-0.15, -0.1) is 0 Å². The first-order chi connectivity index (χ1) is 11.3. The highest BCUT2D eigenvalue weighted by atomic mass is 16.7. The lowest BCUT2D eigenvalue weighted by molar-refractivity contribution is -0.0514. The second kappa shape index (κ2) is 9.27. The van der Waals surface area contributed by atoms with E-state index in [1.165, 1.54) is 5.56 Å². The number of hydrogen-bond acceptors (Lipinski definition) is 5. The Morgan fingerprint density at radius 2 is 1.74 bits per heavy atom. The molecule has 1 aliphatic heterocycles. The smallest absolute Gasteiger partial charge is 0.157 e. The zero-order chi connectivity index (χ0) is 16.4. The molecule has 1 heterocycles. The average Bonchev–Trinajstić information content (AvgIpc) is 3.12. The average molecular weight is 314 g/mol. The molecule has 1 aromatic rings. The van der Waals surface area contributed by atoms with Gasteiger partial charge in [0, 0.05) is 19.4 Å². The normalized spacial score (nSPS) is 15.2. The fourth-order valence-electron chi connectivity index (χ4n) is 2.49. The van der Waals surface area contributed by atoms with Crippen LogP contribution in [0, 0.1) is 28.1 Å². The van der Waals surface area contributed by atoms with Gasteiger partial charge < -0.3 is 14.2 Å². The summed E-state index contributed by atoms with van der Waals surface area (Å²) in [6, 6.07) is 14.4. The Bertz CT molecular complexity index is 528. The minimum atomic E-state index is -1.03. The van der Waals surface area contributed by atoms with Crippen LogP contribution < -0.4 is 0 Å². The summed E-state index contributed by atoms with van der Waals surface area (Å²) < 4.78 is 16.3. The van der Waals surface area contributed by atoms with Gasteiger partial charge in [-0.25, -0.2) is 0 Å². The zero-order valence-corrected chi connectivity index (χ0v) is 13.2. The predicted molar refractivity (Wildman–Crippen MR) is 84.2 cm³/mol. The Balaban J connectivity index is 1.69. The molecule has 0 bridgehead atoms. The minimum absolute atomic E-state index is 0.282. The lowest BCUT2D eigenvalue weighted by atomic mass is 9.83. The van der Waals surface area contributed by atoms with Crippen LogP contribution in [0.2, 0.25) is 0 Å². The summed E-state index contributed by atoms with van der Waals surface area (Å²) in [6.45, 7) is 2.16. The van der Waals surface area contributed by atoms with Crippen molar-refractivity contribution in [2.45, 2.75) is 32.0 Å². The lowest BCUT2D eigenvalue weighted by Gasteiger charge is -2.20. The molecule has 0 saturated carbocycles. The Morgan fingerprint density at radius 1 is 1.04 bits per heavy atom. The summed E-state index contributed by atoms with van der Waals surface area (Å²) in [6.07, 6.45) is 1.95. The molecule has 122 valence electrons. The van der Waals surface area contributed by atoms with Gasteiger partial charge in [0.05, 0.1) is 32.0 Å². The van der Waals surface area contributed by atoms with E-state index in [-0.39, 0.29) is 6.29 Å². The van der Waals surface area contributed by atoms with E-state index in [0.717, 1.165) is 6.42 Å². The van der Waals surface area contributed by atoms with E-state index in [2.05, 4.69) is 24.3 Å². The van der Waals surface area contributed by atoms with Crippen LogP contribution in [0.25, 0.3) is 0 Å². The SMILES string of the molecule is N#CC(C#N)(CCOCCc1ccccc1)CCC1OCCO1. The predicted octanol–water partition coefficient (Wildman–Crippen LogP) is 2.82. The Hall–Kier alpha value is -1.92. The Kier molecular flexibility index (Phi) is 7.03. The van der Waals surface area contributed by atoms with Gasteiger partial charge in [0.15, 0.2) is 6.29 Å². The molecular weight excluding hydrogens is 292 g/mol. The van der Waals surface area contributed by atoms with Crippen molar-refractivity contribution in [3.63, 3.8) is 0 Å². The van der Waals surface area contributed by atoms with E-state index in [9.17, 15) is 10.5 Å². The number of ether oxygens (including phenoxy) is 3. The van der Waals surface area contributed by atoms with E-state index < -0.39 is 5.41 Å². The third-order valence-corrected chi connectivity index (χ3v) is 3.98. The number of benzene rings is 1. The molecule has 1 aromatic carbocycles. The van der Waals surface area contributed by atoms with Crippen LogP contribution in [0.4, 0.5) is 0 Å². The third kappa shape index (κ3) is 5.65. The maximum Gasteiger partial charge on any atom is 0.157 e. The van der Waals surface area contributed by atoms with Crippen LogP contribution in [0.1, 0.15) is 24.8 Å². The molecule has 23 heavy (non-hydrogen) atoms. The molecular formula is C18H22N2O3. The summed E-state index contributed by atoms with van der Waals surface area (Å²) in [5, 5.41) is 18.8. The van der Waals surface area contributed by atoms with E-state index in [0.29, 0.717) is 45.7 Å². The molecule has 1 saturated heterocycles. The van der Waals surface area contributed by atoms with Gasteiger partial charge in [-0.2, -0.15) is 10.5 Å². The minimum Gasteiger partial charge on any atom is -0.381 e. The Morgan fingerprint density at radius 3 is 2.39 bits per heavy atom. The quantitative estimate of drug-likeness (QED) is 0.655. The van der Waals surface area contributed by atoms with Crippen LogP contribution in [0.3, 0.4) is 0 Å². The van der Waals surface area contributed by atoms with Gasteiger partial charge >= 0.3 is 0 Å². The zero-order valence-electron chi connectivity index (χ0n) is 13.2. The van der Waals surface area contributed by atoms with Crippen molar-refractivity contribution in [3.05, 3.63) is 35.9 Å². The molecule has 5 nitrogen and oxygen atoms in total. The molecule has 0 unspecified atom stereocenters. The molecule has 1 fully saturated rings. The van der Waals surface area contributed by atoms with Crippen LogP contribution in [-0.4, -0.2) is 32.7 Å². The summed E-state index contributed by atoms with van der Waals surface area (Å²) in [5.41, 5.74) is 0.192. The highest BCUT2D eigenvalue weighted by Crippen LogP contribution is 2.29. The summed E-state index contributed by atoms with van der Waals surface area (Å²) in [5.74, 6) is 0. The van der Waals surface area contributed by atoms with Crippen molar-refractivity contribution in [2.75, 3.05) is 26.4 Å². The summed E-state index contributed by atoms with van der Waals surface area (Å²) in [4.78, 5) is 0. The lowest BCUT2D eigenvalue weighted by Crippen LogP contribution is -2.22. The molecule has 5 heteroatoms. The number of nitrogens with zero attached hydrogens (tertiary/aromatic N) is 2. The van der Waals surface area contributed by atoms with E-state index in [4.69, 9.17) is 14.2 Å². The van der Waals surface area contributed by atoms with Crippen molar-refractivity contribution < 1.29 is 14.2 Å².